The predicted octanol–water partition coefficient (Wildman–Crippen LogP) is 4.12. The van der Waals surface area contributed by atoms with Crippen LogP contribution in [0.4, 0.5) is 0 Å². The number of ether oxygens (including phenoxy) is 4. The van der Waals surface area contributed by atoms with Gasteiger partial charge in [0, 0.05) is 16.6 Å². The first-order valence-corrected chi connectivity index (χ1v) is 11.0. The fraction of sp³-hybridized carbons (Fsp3) is 0.478. The van der Waals surface area contributed by atoms with Crippen LogP contribution in [-0.4, -0.2) is 45.2 Å². The molecule has 0 bridgehead atoms. The highest BCUT2D eigenvalue weighted by Crippen LogP contribution is 2.49. The lowest BCUT2D eigenvalue weighted by atomic mass is 9.92. The topological polar surface area (TPSA) is 67.6 Å². The van der Waals surface area contributed by atoms with Crippen molar-refractivity contribution in [2.75, 3.05) is 6.61 Å². The summed E-state index contributed by atoms with van der Waals surface area (Å²) in [4.78, 5) is 8.82. The van der Waals surface area contributed by atoms with Gasteiger partial charge in [0.15, 0.2) is 12.0 Å². The van der Waals surface area contributed by atoms with Gasteiger partial charge in [-0.3, -0.25) is 0 Å². The third-order valence-electron chi connectivity index (χ3n) is 6.43. The van der Waals surface area contributed by atoms with Crippen molar-refractivity contribution in [3.05, 3.63) is 58.6 Å². The van der Waals surface area contributed by atoms with E-state index in [1.807, 2.05) is 55.8 Å². The number of rotatable bonds is 2. The van der Waals surface area contributed by atoms with Gasteiger partial charge in [0.1, 0.15) is 36.4 Å². The molecule has 1 unspecified atom stereocenters. The number of halogens is 1. The van der Waals surface area contributed by atoms with Gasteiger partial charge in [-0.2, -0.15) is 0 Å². The van der Waals surface area contributed by atoms with E-state index in [1.165, 1.54) is 5.56 Å². The molecule has 3 aliphatic heterocycles. The minimum atomic E-state index is -0.707. The Morgan fingerprint density at radius 2 is 1.94 bits per heavy atom. The number of aromatic nitrogens is 3. The van der Waals surface area contributed by atoms with E-state index in [0.717, 1.165) is 33.7 Å². The van der Waals surface area contributed by atoms with Crippen LogP contribution in [0.2, 0.25) is 5.02 Å². The van der Waals surface area contributed by atoms with Gasteiger partial charge in [-0.25, -0.2) is 9.97 Å². The molecule has 0 amide bonds. The summed E-state index contributed by atoms with van der Waals surface area (Å²) in [5, 5.41) is 1.73. The summed E-state index contributed by atoms with van der Waals surface area (Å²) < 4.78 is 27.6. The van der Waals surface area contributed by atoms with Gasteiger partial charge in [-0.05, 0) is 56.5 Å². The molecule has 2 saturated heterocycles. The largest absolute Gasteiger partial charge is 0.370 e. The third-order valence-corrected chi connectivity index (χ3v) is 6.66. The van der Waals surface area contributed by atoms with E-state index in [-0.39, 0.29) is 30.6 Å². The smallest absolute Gasteiger partial charge is 0.164 e. The van der Waals surface area contributed by atoms with Gasteiger partial charge in [-0.15, -0.1) is 0 Å². The molecule has 2 fully saturated rings. The molecule has 6 rings (SSSR count). The van der Waals surface area contributed by atoms with Crippen molar-refractivity contribution in [3.63, 3.8) is 0 Å². The molecule has 0 radical (unpaired) electrons. The molecule has 7 nitrogen and oxygen atoms in total. The Morgan fingerprint density at radius 3 is 2.81 bits per heavy atom. The fourth-order valence-corrected chi connectivity index (χ4v) is 5.30. The van der Waals surface area contributed by atoms with Gasteiger partial charge in [0.2, 0.25) is 0 Å². The quantitative estimate of drug-likeness (QED) is 0.595. The average molecular weight is 442 g/mol. The van der Waals surface area contributed by atoms with Gasteiger partial charge in [-0.1, -0.05) is 17.7 Å². The van der Waals surface area contributed by atoms with Crippen molar-refractivity contribution in [1.82, 2.24) is 14.5 Å². The van der Waals surface area contributed by atoms with E-state index < -0.39 is 5.79 Å². The third kappa shape index (κ3) is 3.10. The minimum absolute atomic E-state index is 0.255. The Morgan fingerprint density at radius 1 is 1.10 bits per heavy atom. The Bertz CT molecular complexity index is 1160. The minimum Gasteiger partial charge on any atom is -0.370 e. The van der Waals surface area contributed by atoms with Crippen LogP contribution in [0.25, 0.3) is 11.0 Å². The summed E-state index contributed by atoms with van der Waals surface area (Å²) in [7, 11) is 0. The number of benzene rings is 1. The second kappa shape index (κ2) is 6.98. The zero-order valence-electron chi connectivity index (χ0n) is 17.6. The number of aryl methyl sites for hydroxylation is 1. The molecule has 31 heavy (non-hydrogen) atoms. The first kappa shape index (κ1) is 19.6. The fourth-order valence-electron chi connectivity index (χ4n) is 5.10. The van der Waals surface area contributed by atoms with E-state index in [4.69, 9.17) is 30.5 Å². The summed E-state index contributed by atoms with van der Waals surface area (Å²) in [6, 6.07) is 7.98. The normalized spacial score (nSPS) is 31.7. The molecule has 5 atom stereocenters. The molecule has 0 N–H and O–H groups in total. The molecule has 162 valence electrons. The van der Waals surface area contributed by atoms with Crippen molar-refractivity contribution in [3.8, 4) is 0 Å². The molecule has 1 aromatic carbocycles. The molecular weight excluding hydrogens is 418 g/mol. The van der Waals surface area contributed by atoms with Crippen LogP contribution in [0.5, 0.6) is 0 Å². The van der Waals surface area contributed by atoms with Crippen molar-refractivity contribution in [1.29, 1.82) is 0 Å². The molecule has 3 aromatic rings. The molecule has 0 saturated carbocycles. The summed E-state index contributed by atoms with van der Waals surface area (Å²) in [5.41, 5.74) is 4.05. The first-order chi connectivity index (χ1) is 14.9. The summed E-state index contributed by atoms with van der Waals surface area (Å²) in [5.74, 6) is -0.707. The number of nitrogens with zero attached hydrogens (tertiary/aromatic N) is 3. The van der Waals surface area contributed by atoms with E-state index in [2.05, 4.69) is 9.97 Å². The van der Waals surface area contributed by atoms with E-state index in [9.17, 15) is 0 Å². The Kier molecular flexibility index (Phi) is 4.43. The second-order valence-electron chi connectivity index (χ2n) is 8.86. The van der Waals surface area contributed by atoms with Crippen LogP contribution in [-0.2, 0) is 25.4 Å². The monoisotopic (exact) mass is 441 g/mol. The van der Waals surface area contributed by atoms with Crippen LogP contribution in [0.15, 0.2) is 36.8 Å². The second-order valence-corrected chi connectivity index (χ2v) is 9.30. The van der Waals surface area contributed by atoms with Gasteiger partial charge in [0.25, 0.3) is 0 Å². The highest BCUT2D eigenvalue weighted by Gasteiger charge is 2.58. The van der Waals surface area contributed by atoms with Gasteiger partial charge < -0.3 is 23.5 Å². The van der Waals surface area contributed by atoms with Crippen molar-refractivity contribution < 1.29 is 18.9 Å². The van der Waals surface area contributed by atoms with Crippen LogP contribution in [0.1, 0.15) is 43.0 Å². The maximum Gasteiger partial charge on any atom is 0.164 e. The molecule has 2 aromatic heterocycles. The summed E-state index contributed by atoms with van der Waals surface area (Å²) in [6.45, 7) is 6.47. The highest BCUT2D eigenvalue weighted by atomic mass is 35.5. The summed E-state index contributed by atoms with van der Waals surface area (Å²) in [6.07, 6.45) is 2.88. The molecule has 0 spiro atoms. The standard InChI is InChI=1S/C23H24ClN3O4/c1-12-15-6-8-27(21(15)26-11-25-12)22-20-19(30-23(2,3)31-20)18(29-22)17-16-5-4-14(24)10-13(16)7-9-28-17/h4-6,8,10-11,17-20,22H,7,9H2,1-3H3/t17-,18-,19-,20-,22?/m1/s1. The maximum absolute atomic E-state index is 6.64. The first-order valence-electron chi connectivity index (χ1n) is 10.6. The van der Waals surface area contributed by atoms with Gasteiger partial charge in [0.05, 0.1) is 12.3 Å². The summed E-state index contributed by atoms with van der Waals surface area (Å²) >= 11 is 6.24. The maximum atomic E-state index is 6.64. The van der Waals surface area contributed by atoms with Crippen molar-refractivity contribution in [2.24, 2.45) is 0 Å². The van der Waals surface area contributed by atoms with Gasteiger partial charge >= 0.3 is 0 Å². The van der Waals surface area contributed by atoms with Crippen molar-refractivity contribution >= 4 is 22.6 Å². The highest BCUT2D eigenvalue weighted by molar-refractivity contribution is 6.30. The molecule has 0 aliphatic carbocycles. The Balaban J connectivity index is 1.42. The number of hydrogen-bond donors (Lipinski definition) is 0. The Hall–Kier alpha value is -2.03. The van der Waals surface area contributed by atoms with Crippen molar-refractivity contribution in [2.45, 2.75) is 63.6 Å². The lowest BCUT2D eigenvalue weighted by Gasteiger charge is -2.33. The predicted molar refractivity (Wildman–Crippen MR) is 114 cm³/mol. The molecule has 3 aliphatic rings. The lowest BCUT2D eigenvalue weighted by molar-refractivity contribution is -0.212. The number of hydrogen-bond acceptors (Lipinski definition) is 6. The molecule has 5 heterocycles. The average Bonchev–Trinajstić information content (AvgIpc) is 3.38. The lowest BCUT2D eigenvalue weighted by Crippen LogP contribution is -2.37. The molecule has 8 heteroatoms. The zero-order valence-corrected chi connectivity index (χ0v) is 18.4. The van der Waals surface area contributed by atoms with E-state index in [1.54, 1.807) is 6.33 Å². The van der Waals surface area contributed by atoms with E-state index in [0.29, 0.717) is 6.61 Å². The SMILES string of the molecule is Cc1ncnc2c1ccn2C1O[C@H]([C@@H]2OCCc3cc(Cl)ccc32)[C@H]2OC(C)(C)O[C@@H]12. The zero-order chi connectivity index (χ0) is 21.3. The van der Waals surface area contributed by atoms with Crippen LogP contribution >= 0.6 is 11.6 Å². The molecular formula is C23H24ClN3O4. The van der Waals surface area contributed by atoms with Crippen LogP contribution in [0.3, 0.4) is 0 Å². The van der Waals surface area contributed by atoms with Crippen LogP contribution < -0.4 is 0 Å². The van der Waals surface area contributed by atoms with Crippen LogP contribution in [0, 0.1) is 6.92 Å². The Labute approximate surface area is 185 Å². The van der Waals surface area contributed by atoms with E-state index >= 15 is 0 Å². The number of fused-ring (bicyclic) bond motifs is 3.